The van der Waals surface area contributed by atoms with Crippen molar-refractivity contribution in [2.45, 2.75) is 26.5 Å². The molecule has 0 fully saturated rings. The van der Waals surface area contributed by atoms with E-state index in [-0.39, 0.29) is 11.7 Å². The number of nitrogens with zero attached hydrogens (tertiary/aromatic N) is 1. The lowest BCUT2D eigenvalue weighted by molar-refractivity contribution is -0.0498. The van der Waals surface area contributed by atoms with E-state index in [0.29, 0.717) is 29.5 Å². The van der Waals surface area contributed by atoms with Crippen LogP contribution in [0.5, 0.6) is 5.75 Å². The smallest absolute Gasteiger partial charge is 0.387 e. The Morgan fingerprint density at radius 2 is 1.78 bits per heavy atom. The fourth-order valence-electron chi connectivity index (χ4n) is 2.36. The van der Waals surface area contributed by atoms with Crippen LogP contribution in [0.1, 0.15) is 24.2 Å². The second-order valence-electron chi connectivity index (χ2n) is 6.40. The lowest BCUT2D eigenvalue weighted by atomic mass is 10.1. The molecule has 0 aromatic heterocycles. The molecule has 0 aliphatic carbocycles. The number of hydrogen-bond donors (Lipinski definition) is 2. The maximum Gasteiger partial charge on any atom is 0.387 e. The molecule has 146 valence electrons. The first-order chi connectivity index (χ1) is 12.9. The Morgan fingerprint density at radius 1 is 1.11 bits per heavy atom. The van der Waals surface area contributed by atoms with E-state index in [9.17, 15) is 13.6 Å². The van der Waals surface area contributed by atoms with Crippen molar-refractivity contribution in [3.8, 4) is 5.75 Å². The second kappa shape index (κ2) is 9.87. The normalized spacial score (nSPS) is 11.1. The minimum atomic E-state index is -2.86. The number of hydrogen-bond acceptors (Lipinski definition) is 4. The van der Waals surface area contributed by atoms with Crippen LogP contribution in [0.4, 0.5) is 20.2 Å². The summed E-state index contributed by atoms with van der Waals surface area (Å²) in [5.41, 5.74) is 1.81. The molecule has 0 atom stereocenters. The molecule has 2 N–H and O–H groups in total. The van der Waals surface area contributed by atoms with Crippen molar-refractivity contribution in [1.29, 1.82) is 0 Å². The van der Waals surface area contributed by atoms with Gasteiger partial charge in [-0.3, -0.25) is 4.79 Å². The number of carbonyl (C=O) groups excluding carboxylic acids is 1. The number of nitrogens with one attached hydrogen (secondary N) is 2. The molecular weight excluding hydrogens is 352 g/mol. The molecule has 27 heavy (non-hydrogen) atoms. The molecule has 0 saturated carbocycles. The average molecular weight is 377 g/mol. The minimum absolute atomic E-state index is 0.0795. The summed E-state index contributed by atoms with van der Waals surface area (Å²) >= 11 is 0. The number of para-hydroxylation sites is 1. The summed E-state index contributed by atoms with van der Waals surface area (Å²) in [7, 11) is 2.01. The average Bonchev–Trinajstić information content (AvgIpc) is 2.63. The summed E-state index contributed by atoms with van der Waals surface area (Å²) in [5, 5.41) is 6.05. The maximum atomic E-state index is 12.5. The Bertz CT molecular complexity index is 736. The van der Waals surface area contributed by atoms with Gasteiger partial charge in [-0.25, -0.2) is 0 Å². The second-order valence-corrected chi connectivity index (χ2v) is 6.40. The third-order valence-corrected chi connectivity index (χ3v) is 4.16. The number of carbonyl (C=O) groups is 1. The summed E-state index contributed by atoms with van der Waals surface area (Å²) in [6, 6.07) is 13.7. The molecule has 0 radical (unpaired) electrons. The lowest BCUT2D eigenvalue weighted by Crippen LogP contribution is -2.36. The van der Waals surface area contributed by atoms with E-state index >= 15 is 0 Å². The van der Waals surface area contributed by atoms with Crippen LogP contribution in [0.3, 0.4) is 0 Å². The van der Waals surface area contributed by atoms with Crippen molar-refractivity contribution in [2.75, 3.05) is 25.5 Å². The van der Waals surface area contributed by atoms with Crippen molar-refractivity contribution in [3.05, 3.63) is 54.1 Å². The van der Waals surface area contributed by atoms with E-state index in [2.05, 4.69) is 34.1 Å². The first-order valence-electron chi connectivity index (χ1n) is 8.76. The molecular formula is C20H25F2N3O2. The molecule has 5 nitrogen and oxygen atoms in total. The Kier molecular flexibility index (Phi) is 7.55. The van der Waals surface area contributed by atoms with Crippen LogP contribution in [0.2, 0.25) is 0 Å². The van der Waals surface area contributed by atoms with E-state index in [1.165, 1.54) is 12.1 Å². The van der Waals surface area contributed by atoms with Crippen LogP contribution < -0.4 is 15.4 Å². The van der Waals surface area contributed by atoms with Gasteiger partial charge in [0.2, 0.25) is 0 Å². The molecule has 0 unspecified atom stereocenters. The summed E-state index contributed by atoms with van der Waals surface area (Å²) < 4.78 is 28.8. The van der Waals surface area contributed by atoms with Crippen molar-refractivity contribution >= 4 is 17.3 Å². The first-order valence-corrected chi connectivity index (χ1v) is 8.76. The zero-order chi connectivity index (χ0) is 19.8. The van der Waals surface area contributed by atoms with E-state index in [0.717, 1.165) is 6.54 Å². The van der Waals surface area contributed by atoms with Crippen LogP contribution in [0, 0.1) is 0 Å². The van der Waals surface area contributed by atoms with Crippen LogP contribution in [0.25, 0.3) is 0 Å². The van der Waals surface area contributed by atoms with E-state index in [1.807, 2.05) is 13.1 Å². The van der Waals surface area contributed by atoms with Gasteiger partial charge in [-0.15, -0.1) is 0 Å². The molecule has 2 aromatic rings. The third kappa shape index (κ3) is 6.53. The Labute approximate surface area is 158 Å². The predicted octanol–water partition coefficient (Wildman–Crippen LogP) is 4.10. The monoisotopic (exact) mass is 377 g/mol. The Morgan fingerprint density at radius 3 is 2.41 bits per heavy atom. The van der Waals surface area contributed by atoms with Crippen molar-refractivity contribution in [1.82, 2.24) is 10.2 Å². The molecule has 1 amide bonds. The first kappa shape index (κ1) is 20.6. The summed E-state index contributed by atoms with van der Waals surface area (Å²) in [5.74, 6) is -0.0937. The van der Waals surface area contributed by atoms with Gasteiger partial charge in [-0.05, 0) is 57.3 Å². The van der Waals surface area contributed by atoms with Gasteiger partial charge in [0.15, 0.2) is 0 Å². The maximum absolute atomic E-state index is 12.5. The van der Waals surface area contributed by atoms with Crippen LogP contribution >= 0.6 is 0 Å². The SMILES string of the molecule is CC(C)N(C)CCNC(=O)c1ccccc1Nc1ccc(OC(F)F)cc1. The zero-order valence-electron chi connectivity index (χ0n) is 15.7. The molecule has 0 saturated heterocycles. The number of halogens is 2. The fraction of sp³-hybridized carbons (Fsp3) is 0.350. The van der Waals surface area contributed by atoms with Gasteiger partial charge in [0.25, 0.3) is 5.91 Å². The number of ether oxygens (including phenoxy) is 1. The molecule has 0 aliphatic heterocycles. The van der Waals surface area contributed by atoms with Gasteiger partial charge in [-0.1, -0.05) is 12.1 Å². The van der Waals surface area contributed by atoms with Crippen LogP contribution in [0.15, 0.2) is 48.5 Å². The summed E-state index contributed by atoms with van der Waals surface area (Å²) in [4.78, 5) is 14.7. The van der Waals surface area contributed by atoms with E-state index < -0.39 is 6.61 Å². The Hall–Kier alpha value is -2.67. The third-order valence-electron chi connectivity index (χ3n) is 4.16. The molecule has 0 bridgehead atoms. The highest BCUT2D eigenvalue weighted by Crippen LogP contribution is 2.23. The molecule has 2 rings (SSSR count). The molecule has 7 heteroatoms. The highest BCUT2D eigenvalue weighted by molar-refractivity contribution is 6.00. The van der Waals surface area contributed by atoms with Gasteiger partial charge in [0.1, 0.15) is 5.75 Å². The molecule has 0 aliphatic rings. The number of rotatable bonds is 9. The van der Waals surface area contributed by atoms with Crippen LogP contribution in [-0.4, -0.2) is 43.6 Å². The standard InChI is InChI=1S/C20H25F2N3O2/c1-14(2)25(3)13-12-23-19(26)17-6-4-5-7-18(17)24-15-8-10-16(11-9-15)27-20(21)22/h4-11,14,20,24H,12-13H2,1-3H3,(H,23,26). The van der Waals surface area contributed by atoms with Gasteiger partial charge < -0.3 is 20.3 Å². The van der Waals surface area contributed by atoms with Gasteiger partial charge in [0, 0.05) is 24.8 Å². The Balaban J connectivity index is 2.01. The van der Waals surface area contributed by atoms with Gasteiger partial charge >= 0.3 is 6.61 Å². The number of benzene rings is 2. The quantitative estimate of drug-likeness (QED) is 0.691. The molecule has 0 spiro atoms. The van der Waals surface area contributed by atoms with Crippen molar-refractivity contribution in [3.63, 3.8) is 0 Å². The predicted molar refractivity (Wildman–Crippen MR) is 103 cm³/mol. The minimum Gasteiger partial charge on any atom is -0.435 e. The number of anilines is 2. The summed E-state index contributed by atoms with van der Waals surface area (Å²) in [6.45, 7) is 2.63. The fourth-order valence-corrected chi connectivity index (χ4v) is 2.36. The number of amides is 1. The van der Waals surface area contributed by atoms with Crippen molar-refractivity contribution < 1.29 is 18.3 Å². The molecule has 2 aromatic carbocycles. The lowest BCUT2D eigenvalue weighted by Gasteiger charge is -2.21. The highest BCUT2D eigenvalue weighted by atomic mass is 19.3. The van der Waals surface area contributed by atoms with Gasteiger partial charge in [-0.2, -0.15) is 8.78 Å². The van der Waals surface area contributed by atoms with Crippen LogP contribution in [-0.2, 0) is 0 Å². The number of likely N-dealkylation sites (N-methyl/N-ethyl adjacent to an activating group) is 1. The van der Waals surface area contributed by atoms with E-state index in [1.54, 1.807) is 30.3 Å². The number of alkyl halides is 2. The highest BCUT2D eigenvalue weighted by Gasteiger charge is 2.12. The zero-order valence-corrected chi connectivity index (χ0v) is 15.7. The largest absolute Gasteiger partial charge is 0.435 e. The summed E-state index contributed by atoms with van der Waals surface area (Å²) in [6.07, 6.45) is 0. The van der Waals surface area contributed by atoms with E-state index in [4.69, 9.17) is 0 Å². The van der Waals surface area contributed by atoms with Crippen molar-refractivity contribution in [2.24, 2.45) is 0 Å². The topological polar surface area (TPSA) is 53.6 Å². The van der Waals surface area contributed by atoms with Gasteiger partial charge in [0.05, 0.1) is 11.3 Å². The molecule has 0 heterocycles.